The maximum atomic E-state index is 12.6. The Labute approximate surface area is 120 Å². The van der Waals surface area contributed by atoms with E-state index in [0.717, 1.165) is 11.0 Å². The molecule has 0 fully saturated rings. The number of hydrogen-bond acceptors (Lipinski definition) is 5. The van der Waals surface area contributed by atoms with Gasteiger partial charge in [-0.2, -0.15) is 13.2 Å². The van der Waals surface area contributed by atoms with E-state index in [0.29, 0.717) is 0 Å². The number of para-hydroxylation sites is 1. The standard InChI is InChI=1S/C12H14F3NO4S/c1-3-20-11(17)8-16(2)9-6-4-5-7-10(9)21(18,19)12(13,14)15/h4-7H,3,8H2,1-2H3. The van der Waals surface area contributed by atoms with Crippen molar-refractivity contribution >= 4 is 21.5 Å². The molecule has 21 heavy (non-hydrogen) atoms. The highest BCUT2D eigenvalue weighted by Gasteiger charge is 2.48. The Morgan fingerprint density at radius 3 is 2.38 bits per heavy atom. The van der Waals surface area contributed by atoms with Crippen LogP contribution in [0.2, 0.25) is 0 Å². The van der Waals surface area contributed by atoms with E-state index in [1.165, 1.54) is 25.2 Å². The number of carbonyl (C=O) groups excluding carboxylic acids is 1. The molecule has 0 amide bonds. The van der Waals surface area contributed by atoms with Gasteiger partial charge in [0.25, 0.3) is 9.84 Å². The molecule has 0 N–H and O–H groups in total. The first-order chi connectivity index (χ1) is 9.61. The number of ether oxygens (including phenoxy) is 1. The van der Waals surface area contributed by atoms with Gasteiger partial charge in [-0.25, -0.2) is 8.42 Å². The fourth-order valence-corrected chi connectivity index (χ4v) is 2.62. The number of nitrogens with zero attached hydrogens (tertiary/aromatic N) is 1. The van der Waals surface area contributed by atoms with Gasteiger partial charge in [-0.3, -0.25) is 4.79 Å². The number of anilines is 1. The summed E-state index contributed by atoms with van der Waals surface area (Å²) in [6.07, 6.45) is 0. The van der Waals surface area contributed by atoms with Crippen molar-refractivity contribution in [3.63, 3.8) is 0 Å². The summed E-state index contributed by atoms with van der Waals surface area (Å²) in [5, 5.41) is 0. The molecule has 0 aliphatic rings. The number of hydrogen-bond donors (Lipinski definition) is 0. The van der Waals surface area contributed by atoms with Gasteiger partial charge >= 0.3 is 11.5 Å². The average molecular weight is 325 g/mol. The minimum absolute atomic E-state index is 0.120. The zero-order chi connectivity index (χ0) is 16.3. The van der Waals surface area contributed by atoms with Crippen LogP contribution >= 0.6 is 0 Å². The summed E-state index contributed by atoms with van der Waals surface area (Å²) >= 11 is 0. The lowest BCUT2D eigenvalue weighted by Crippen LogP contribution is -2.30. The van der Waals surface area contributed by atoms with E-state index in [1.54, 1.807) is 6.92 Å². The Bertz CT molecular complexity index is 613. The molecule has 0 radical (unpaired) electrons. The normalized spacial score (nSPS) is 12.0. The van der Waals surface area contributed by atoms with E-state index < -0.39 is 26.2 Å². The van der Waals surface area contributed by atoms with E-state index >= 15 is 0 Å². The molecule has 0 unspecified atom stereocenters. The van der Waals surface area contributed by atoms with Crippen LogP contribution in [0.1, 0.15) is 6.92 Å². The number of rotatable bonds is 5. The molecule has 1 aromatic rings. The van der Waals surface area contributed by atoms with Gasteiger partial charge in [-0.05, 0) is 19.1 Å². The molecule has 0 spiro atoms. The molecule has 0 saturated carbocycles. The molecule has 1 rings (SSSR count). The number of carbonyl (C=O) groups is 1. The third kappa shape index (κ3) is 3.87. The van der Waals surface area contributed by atoms with Gasteiger partial charge in [0.15, 0.2) is 0 Å². The van der Waals surface area contributed by atoms with Crippen molar-refractivity contribution in [1.82, 2.24) is 0 Å². The predicted octanol–water partition coefficient (Wildman–Crippen LogP) is 1.98. The smallest absolute Gasteiger partial charge is 0.465 e. The molecular weight excluding hydrogens is 311 g/mol. The zero-order valence-corrected chi connectivity index (χ0v) is 12.2. The van der Waals surface area contributed by atoms with Gasteiger partial charge in [0.2, 0.25) is 0 Å². The molecule has 0 aliphatic carbocycles. The summed E-state index contributed by atoms with van der Waals surface area (Å²) < 4.78 is 65.7. The van der Waals surface area contributed by atoms with Crippen molar-refractivity contribution in [2.24, 2.45) is 0 Å². The largest absolute Gasteiger partial charge is 0.501 e. The highest BCUT2D eigenvalue weighted by molar-refractivity contribution is 7.92. The van der Waals surface area contributed by atoms with Gasteiger partial charge in [0.05, 0.1) is 17.2 Å². The summed E-state index contributed by atoms with van der Waals surface area (Å²) in [5.74, 6) is -0.667. The summed E-state index contributed by atoms with van der Waals surface area (Å²) in [7, 11) is -4.19. The summed E-state index contributed by atoms with van der Waals surface area (Å²) in [6, 6.07) is 4.60. The molecule has 0 saturated heterocycles. The minimum Gasteiger partial charge on any atom is -0.465 e. The lowest BCUT2D eigenvalue weighted by atomic mass is 10.3. The Morgan fingerprint density at radius 2 is 1.86 bits per heavy atom. The summed E-state index contributed by atoms with van der Waals surface area (Å²) in [6.45, 7) is 1.34. The molecule has 0 heterocycles. The average Bonchev–Trinajstić information content (AvgIpc) is 2.37. The molecule has 1 aromatic carbocycles. The fourth-order valence-electron chi connectivity index (χ4n) is 1.61. The molecule has 0 bridgehead atoms. The van der Waals surface area contributed by atoms with Crippen molar-refractivity contribution in [2.75, 3.05) is 25.1 Å². The van der Waals surface area contributed by atoms with Crippen molar-refractivity contribution in [3.8, 4) is 0 Å². The number of likely N-dealkylation sites (N-methyl/N-ethyl adjacent to an activating group) is 1. The Kier molecular flexibility index (Phi) is 5.21. The monoisotopic (exact) mass is 325 g/mol. The third-order valence-corrected chi connectivity index (χ3v) is 4.08. The summed E-state index contributed by atoms with van der Waals surface area (Å²) in [4.78, 5) is 11.5. The minimum atomic E-state index is -5.49. The zero-order valence-electron chi connectivity index (χ0n) is 11.3. The SMILES string of the molecule is CCOC(=O)CN(C)c1ccccc1S(=O)(=O)C(F)(F)F. The van der Waals surface area contributed by atoms with Crippen LogP contribution in [0.5, 0.6) is 0 Å². The van der Waals surface area contributed by atoms with Gasteiger partial charge in [0.1, 0.15) is 6.54 Å². The highest BCUT2D eigenvalue weighted by Crippen LogP contribution is 2.35. The number of halogens is 3. The Morgan fingerprint density at radius 1 is 1.29 bits per heavy atom. The van der Waals surface area contributed by atoms with Crippen LogP contribution < -0.4 is 4.90 Å². The molecule has 0 atom stereocenters. The summed E-state index contributed by atoms with van der Waals surface area (Å²) in [5.41, 5.74) is -5.63. The van der Waals surface area contributed by atoms with E-state index in [4.69, 9.17) is 0 Å². The molecular formula is C12H14F3NO4S. The van der Waals surface area contributed by atoms with Crippen molar-refractivity contribution in [3.05, 3.63) is 24.3 Å². The van der Waals surface area contributed by atoms with E-state index in [1.807, 2.05) is 0 Å². The van der Waals surface area contributed by atoms with Crippen LogP contribution in [0.25, 0.3) is 0 Å². The van der Waals surface area contributed by atoms with Gasteiger partial charge < -0.3 is 9.64 Å². The molecule has 5 nitrogen and oxygen atoms in total. The maximum Gasteiger partial charge on any atom is 0.501 e. The van der Waals surface area contributed by atoms with Gasteiger partial charge in [0, 0.05) is 7.05 Å². The molecule has 9 heteroatoms. The molecule has 0 aromatic heterocycles. The molecule has 0 aliphatic heterocycles. The molecule has 118 valence electrons. The topological polar surface area (TPSA) is 63.7 Å². The third-order valence-electron chi connectivity index (χ3n) is 2.54. The van der Waals surface area contributed by atoms with Crippen molar-refractivity contribution < 1.29 is 31.1 Å². The van der Waals surface area contributed by atoms with Crippen LogP contribution in [0.15, 0.2) is 29.2 Å². The van der Waals surface area contributed by atoms with Crippen molar-refractivity contribution in [1.29, 1.82) is 0 Å². The van der Waals surface area contributed by atoms with Crippen LogP contribution in [0.3, 0.4) is 0 Å². The number of alkyl halides is 3. The van der Waals surface area contributed by atoms with Gasteiger partial charge in [-0.1, -0.05) is 12.1 Å². The Balaban J connectivity index is 3.20. The van der Waals surface area contributed by atoms with E-state index in [2.05, 4.69) is 4.74 Å². The predicted molar refractivity (Wildman–Crippen MR) is 69.6 cm³/mol. The number of esters is 1. The first-order valence-electron chi connectivity index (χ1n) is 5.88. The van der Waals surface area contributed by atoms with Crippen molar-refractivity contribution in [2.45, 2.75) is 17.3 Å². The van der Waals surface area contributed by atoms with Crippen LogP contribution in [-0.4, -0.2) is 40.1 Å². The Hall–Kier alpha value is -1.77. The lowest BCUT2D eigenvalue weighted by Gasteiger charge is -2.21. The highest BCUT2D eigenvalue weighted by atomic mass is 32.2. The second-order valence-electron chi connectivity index (χ2n) is 4.08. The van der Waals surface area contributed by atoms with Crippen LogP contribution in [0.4, 0.5) is 18.9 Å². The second-order valence-corrected chi connectivity index (χ2v) is 5.99. The fraction of sp³-hybridized carbons (Fsp3) is 0.417. The number of sulfone groups is 1. The van der Waals surface area contributed by atoms with Crippen LogP contribution in [0, 0.1) is 0 Å². The number of benzene rings is 1. The first kappa shape index (κ1) is 17.3. The quantitative estimate of drug-likeness (QED) is 0.775. The maximum absolute atomic E-state index is 12.6. The van der Waals surface area contributed by atoms with E-state index in [-0.39, 0.29) is 18.8 Å². The lowest BCUT2D eigenvalue weighted by molar-refractivity contribution is -0.141. The second kappa shape index (κ2) is 6.33. The van der Waals surface area contributed by atoms with Gasteiger partial charge in [-0.15, -0.1) is 0 Å². The van der Waals surface area contributed by atoms with E-state index in [9.17, 15) is 26.4 Å². The van der Waals surface area contributed by atoms with Crippen LogP contribution in [-0.2, 0) is 19.4 Å². The first-order valence-corrected chi connectivity index (χ1v) is 7.36.